The number of hydrogen-bond donors (Lipinski definition) is 1. The van der Waals surface area contributed by atoms with Crippen LogP contribution in [0.15, 0.2) is 18.2 Å². The van der Waals surface area contributed by atoms with Crippen molar-refractivity contribution in [2.75, 3.05) is 25.0 Å². The fraction of sp³-hybridized carbons (Fsp3) is 0.533. The van der Waals surface area contributed by atoms with Gasteiger partial charge in [0.1, 0.15) is 0 Å². The van der Waals surface area contributed by atoms with E-state index in [2.05, 4.69) is 18.3 Å². The summed E-state index contributed by atoms with van der Waals surface area (Å²) in [5, 5.41) is 3.39. The molecule has 3 nitrogen and oxygen atoms in total. The van der Waals surface area contributed by atoms with Crippen LogP contribution in [0.4, 0.5) is 5.69 Å². The van der Waals surface area contributed by atoms with Crippen LogP contribution in [0, 0.1) is 5.92 Å². The smallest absolute Gasteiger partial charge is 0.254 e. The van der Waals surface area contributed by atoms with Gasteiger partial charge in [0.15, 0.2) is 0 Å². The average molecular weight is 281 g/mol. The summed E-state index contributed by atoms with van der Waals surface area (Å²) in [5.41, 5.74) is 3.28. The van der Waals surface area contributed by atoms with Gasteiger partial charge in [-0.05, 0) is 42.9 Å². The number of nitrogens with zero attached hydrogens (tertiary/aromatic N) is 1. The fourth-order valence-corrected chi connectivity index (χ4v) is 3.00. The van der Waals surface area contributed by atoms with Crippen LogP contribution in [0.2, 0.25) is 0 Å². The van der Waals surface area contributed by atoms with Gasteiger partial charge in [0.2, 0.25) is 0 Å². The highest BCUT2D eigenvalue weighted by atomic mass is 35.5. The monoisotopic (exact) mass is 280 g/mol. The topological polar surface area (TPSA) is 32.3 Å². The first kappa shape index (κ1) is 14.2. The van der Waals surface area contributed by atoms with Crippen LogP contribution in [0.1, 0.15) is 35.7 Å². The molecule has 1 amide bonds. The van der Waals surface area contributed by atoms with Crippen LogP contribution < -0.4 is 5.32 Å². The molecule has 1 fully saturated rings. The van der Waals surface area contributed by atoms with Gasteiger partial charge in [-0.15, -0.1) is 12.4 Å². The number of amides is 1. The summed E-state index contributed by atoms with van der Waals surface area (Å²) in [6.45, 7) is 5.06. The van der Waals surface area contributed by atoms with Crippen LogP contribution >= 0.6 is 12.4 Å². The first-order valence-corrected chi connectivity index (χ1v) is 6.91. The van der Waals surface area contributed by atoms with Crippen molar-refractivity contribution in [2.45, 2.75) is 26.2 Å². The SMILES string of the molecule is CC1CCN(C(=O)c2cccc3c2CCCN3)C1.Cl. The summed E-state index contributed by atoms with van der Waals surface area (Å²) in [6, 6.07) is 6.05. The van der Waals surface area contributed by atoms with Gasteiger partial charge < -0.3 is 10.2 Å². The molecular weight excluding hydrogens is 260 g/mol. The van der Waals surface area contributed by atoms with Gasteiger partial charge in [-0.2, -0.15) is 0 Å². The van der Waals surface area contributed by atoms with Crippen LogP contribution in [0.3, 0.4) is 0 Å². The number of carbonyl (C=O) groups excluding carboxylic acids is 1. The molecule has 1 aromatic rings. The van der Waals surface area contributed by atoms with Crippen molar-refractivity contribution in [1.29, 1.82) is 0 Å². The lowest BCUT2D eigenvalue weighted by Crippen LogP contribution is -2.30. The van der Waals surface area contributed by atoms with Crippen molar-refractivity contribution in [3.63, 3.8) is 0 Å². The lowest BCUT2D eigenvalue weighted by molar-refractivity contribution is 0.0787. The molecule has 0 spiro atoms. The Labute approximate surface area is 120 Å². The zero-order valence-electron chi connectivity index (χ0n) is 11.3. The number of hydrogen-bond acceptors (Lipinski definition) is 2. The molecule has 0 saturated carbocycles. The first-order valence-electron chi connectivity index (χ1n) is 6.91. The molecule has 0 aromatic heterocycles. The number of halogens is 1. The van der Waals surface area contributed by atoms with Gasteiger partial charge >= 0.3 is 0 Å². The van der Waals surface area contributed by atoms with E-state index < -0.39 is 0 Å². The van der Waals surface area contributed by atoms with E-state index in [0.717, 1.165) is 50.1 Å². The van der Waals surface area contributed by atoms with Crippen LogP contribution in [-0.4, -0.2) is 30.4 Å². The number of anilines is 1. The zero-order valence-corrected chi connectivity index (χ0v) is 12.1. The van der Waals surface area contributed by atoms with Crippen molar-refractivity contribution >= 4 is 24.0 Å². The van der Waals surface area contributed by atoms with E-state index in [-0.39, 0.29) is 18.3 Å². The van der Waals surface area contributed by atoms with E-state index in [4.69, 9.17) is 0 Å². The average Bonchev–Trinajstić information content (AvgIpc) is 2.84. The van der Waals surface area contributed by atoms with E-state index in [0.29, 0.717) is 5.92 Å². The quantitative estimate of drug-likeness (QED) is 0.858. The molecule has 19 heavy (non-hydrogen) atoms. The Morgan fingerprint density at radius 2 is 2.26 bits per heavy atom. The second kappa shape index (κ2) is 5.83. The van der Waals surface area contributed by atoms with Gasteiger partial charge in [-0.25, -0.2) is 0 Å². The third-order valence-corrected chi connectivity index (χ3v) is 4.04. The predicted molar refractivity (Wildman–Crippen MR) is 80.2 cm³/mol. The Bertz CT molecular complexity index is 475. The Hall–Kier alpha value is -1.22. The van der Waals surface area contributed by atoms with E-state index in [9.17, 15) is 4.79 Å². The highest BCUT2D eigenvalue weighted by molar-refractivity contribution is 5.97. The highest BCUT2D eigenvalue weighted by Crippen LogP contribution is 2.27. The summed E-state index contributed by atoms with van der Waals surface area (Å²) < 4.78 is 0. The minimum atomic E-state index is 0. The molecule has 0 aliphatic carbocycles. The molecule has 2 aliphatic heterocycles. The normalized spacial score (nSPS) is 21.3. The van der Waals surface area contributed by atoms with Gasteiger partial charge in [-0.1, -0.05) is 13.0 Å². The third kappa shape index (κ3) is 2.71. The highest BCUT2D eigenvalue weighted by Gasteiger charge is 2.26. The molecule has 2 heterocycles. The maximum atomic E-state index is 12.6. The largest absolute Gasteiger partial charge is 0.385 e. The van der Waals surface area contributed by atoms with Gasteiger partial charge in [0.25, 0.3) is 5.91 Å². The third-order valence-electron chi connectivity index (χ3n) is 4.04. The molecule has 1 unspecified atom stereocenters. The molecular formula is C15H21ClN2O. The number of nitrogens with one attached hydrogen (secondary N) is 1. The summed E-state index contributed by atoms with van der Waals surface area (Å²) in [4.78, 5) is 14.6. The lowest BCUT2D eigenvalue weighted by atomic mass is 9.97. The fourth-order valence-electron chi connectivity index (χ4n) is 3.00. The Kier molecular flexibility index (Phi) is 4.35. The molecule has 1 saturated heterocycles. The van der Waals surface area contributed by atoms with Crippen molar-refractivity contribution in [3.8, 4) is 0 Å². The van der Waals surface area contributed by atoms with Crippen molar-refractivity contribution < 1.29 is 4.79 Å². The van der Waals surface area contributed by atoms with E-state index in [1.54, 1.807) is 0 Å². The molecule has 3 rings (SSSR count). The van der Waals surface area contributed by atoms with Crippen molar-refractivity contribution in [1.82, 2.24) is 4.90 Å². The summed E-state index contributed by atoms with van der Waals surface area (Å²) in [5.74, 6) is 0.867. The van der Waals surface area contributed by atoms with Gasteiger partial charge in [0.05, 0.1) is 0 Å². The minimum Gasteiger partial charge on any atom is -0.385 e. The van der Waals surface area contributed by atoms with Crippen molar-refractivity contribution in [2.24, 2.45) is 5.92 Å². The maximum absolute atomic E-state index is 12.6. The number of carbonyl (C=O) groups is 1. The van der Waals surface area contributed by atoms with Crippen molar-refractivity contribution in [3.05, 3.63) is 29.3 Å². The molecule has 1 atom stereocenters. The summed E-state index contributed by atoms with van der Waals surface area (Å²) in [7, 11) is 0. The summed E-state index contributed by atoms with van der Waals surface area (Å²) >= 11 is 0. The van der Waals surface area contributed by atoms with E-state index in [1.165, 1.54) is 5.56 Å². The Balaban J connectivity index is 0.00000133. The Morgan fingerprint density at radius 1 is 1.42 bits per heavy atom. The summed E-state index contributed by atoms with van der Waals surface area (Å²) in [6.07, 6.45) is 3.28. The molecule has 1 N–H and O–H groups in total. The van der Waals surface area contributed by atoms with Crippen LogP contribution in [-0.2, 0) is 6.42 Å². The molecule has 0 bridgehead atoms. The molecule has 2 aliphatic rings. The maximum Gasteiger partial charge on any atom is 0.254 e. The number of benzene rings is 1. The second-order valence-corrected chi connectivity index (χ2v) is 5.51. The molecule has 4 heteroatoms. The number of fused-ring (bicyclic) bond motifs is 1. The predicted octanol–water partition coefficient (Wildman–Crippen LogP) is 2.95. The molecule has 1 aromatic carbocycles. The lowest BCUT2D eigenvalue weighted by Gasteiger charge is -2.23. The minimum absolute atomic E-state index is 0. The van der Waals surface area contributed by atoms with Crippen LogP contribution in [0.25, 0.3) is 0 Å². The van der Waals surface area contributed by atoms with Gasteiger partial charge in [0, 0.05) is 30.9 Å². The van der Waals surface area contributed by atoms with E-state index >= 15 is 0 Å². The zero-order chi connectivity index (χ0) is 12.5. The number of rotatable bonds is 1. The first-order chi connectivity index (χ1) is 8.75. The number of likely N-dealkylation sites (tertiary alicyclic amines) is 1. The molecule has 104 valence electrons. The Morgan fingerprint density at radius 3 is 3.00 bits per heavy atom. The van der Waals surface area contributed by atoms with Gasteiger partial charge in [-0.3, -0.25) is 4.79 Å². The van der Waals surface area contributed by atoms with E-state index in [1.807, 2.05) is 17.0 Å². The van der Waals surface area contributed by atoms with Crippen LogP contribution in [0.5, 0.6) is 0 Å². The standard InChI is InChI=1S/C15H20N2O.ClH/c1-11-7-9-17(10-11)15(18)13-4-2-6-14-12(13)5-3-8-16-14;/h2,4,6,11,16H,3,5,7-10H2,1H3;1H. The molecule has 0 radical (unpaired) electrons. The second-order valence-electron chi connectivity index (χ2n) is 5.51.